The van der Waals surface area contributed by atoms with Gasteiger partial charge in [-0.1, -0.05) is 245 Å². The molecule has 6 heteroatoms. The quantitative estimate of drug-likeness (QED) is 0.0263. The summed E-state index contributed by atoms with van der Waals surface area (Å²) in [5.41, 5.74) is 0. The minimum Gasteiger partial charge on any atom is -0.462 e. The van der Waals surface area contributed by atoms with E-state index in [2.05, 4.69) is 32.9 Å². The molecular weight excluding hydrogens is 733 g/mol. The van der Waals surface area contributed by atoms with E-state index in [1.54, 1.807) is 0 Å². The Bertz CT molecular complexity index is 916. The Morgan fingerprint density at radius 3 is 0.915 bits per heavy atom. The highest BCUT2D eigenvalue weighted by Gasteiger charge is 2.19. The molecule has 0 aromatic rings. The van der Waals surface area contributed by atoms with Crippen LogP contribution in [-0.2, 0) is 28.6 Å². The summed E-state index contributed by atoms with van der Waals surface area (Å²) < 4.78 is 16.7. The van der Waals surface area contributed by atoms with Crippen molar-refractivity contribution >= 4 is 17.9 Å². The molecule has 0 heterocycles. The van der Waals surface area contributed by atoms with Gasteiger partial charge in [-0.25, -0.2) is 0 Å². The third-order valence-corrected chi connectivity index (χ3v) is 11.8. The van der Waals surface area contributed by atoms with E-state index in [0.29, 0.717) is 19.3 Å². The maximum atomic E-state index is 12.8. The molecule has 0 aromatic heterocycles. The maximum Gasteiger partial charge on any atom is 0.306 e. The molecule has 0 aliphatic rings. The molecule has 0 saturated heterocycles. The fourth-order valence-corrected chi connectivity index (χ4v) is 7.80. The lowest BCUT2D eigenvalue weighted by molar-refractivity contribution is -0.167. The molecule has 0 spiro atoms. The zero-order valence-electron chi connectivity index (χ0n) is 39.8. The Kier molecular flexibility index (Phi) is 47.3. The lowest BCUT2D eigenvalue weighted by atomic mass is 10.0. The number of allylic oxidation sites excluding steroid dienone is 2. The topological polar surface area (TPSA) is 78.9 Å². The summed E-state index contributed by atoms with van der Waals surface area (Å²) in [5.74, 6) is -0.893. The molecule has 0 N–H and O–H groups in total. The fraction of sp³-hybridized carbons (Fsp3) is 0.906. The summed E-state index contributed by atoms with van der Waals surface area (Å²) in [7, 11) is 0. The van der Waals surface area contributed by atoms with Gasteiger partial charge in [-0.15, -0.1) is 0 Å². The van der Waals surface area contributed by atoms with Gasteiger partial charge in [-0.05, 0) is 38.5 Å². The van der Waals surface area contributed by atoms with Crippen LogP contribution in [0.3, 0.4) is 0 Å². The zero-order chi connectivity index (χ0) is 43.0. The molecule has 6 nitrogen and oxygen atoms in total. The molecule has 0 aliphatic heterocycles. The first-order chi connectivity index (χ1) is 29.0. The lowest BCUT2D eigenvalue weighted by Crippen LogP contribution is -2.30. The number of carbonyl (C=O) groups excluding carboxylic acids is 3. The molecule has 59 heavy (non-hydrogen) atoms. The normalized spacial score (nSPS) is 12.0. The second-order valence-electron chi connectivity index (χ2n) is 17.8. The van der Waals surface area contributed by atoms with Gasteiger partial charge >= 0.3 is 17.9 Å². The summed E-state index contributed by atoms with van der Waals surface area (Å²) in [6.07, 6.45) is 53.5. The second kappa shape index (κ2) is 48.8. The molecule has 1 atom stereocenters. The number of unbranched alkanes of at least 4 members (excludes halogenated alkanes) is 35. The highest BCUT2D eigenvalue weighted by Crippen LogP contribution is 2.17. The first-order valence-electron chi connectivity index (χ1n) is 26.2. The number of rotatable bonds is 48. The van der Waals surface area contributed by atoms with Gasteiger partial charge in [-0.2, -0.15) is 0 Å². The second-order valence-corrected chi connectivity index (χ2v) is 17.8. The monoisotopic (exact) mass is 833 g/mol. The summed E-state index contributed by atoms with van der Waals surface area (Å²) in [6, 6.07) is 0. The van der Waals surface area contributed by atoms with Crippen molar-refractivity contribution in [2.45, 2.75) is 297 Å². The molecule has 0 aliphatic carbocycles. The Balaban J connectivity index is 4.27. The number of ether oxygens (including phenoxy) is 3. The van der Waals surface area contributed by atoms with Crippen molar-refractivity contribution in [1.29, 1.82) is 0 Å². The van der Waals surface area contributed by atoms with E-state index in [4.69, 9.17) is 14.2 Å². The SMILES string of the molecule is CCCCCC/C=C\CCCC(=O)OCC(COC(=O)CCCCCCCCCCCCCCCCCCC)OC(=O)CCCCCCCCCCCCCCCCC. The van der Waals surface area contributed by atoms with Gasteiger partial charge in [0, 0.05) is 19.3 Å². The predicted octanol–water partition coefficient (Wildman–Crippen LogP) is 17.0. The maximum absolute atomic E-state index is 12.8. The van der Waals surface area contributed by atoms with Crippen molar-refractivity contribution in [1.82, 2.24) is 0 Å². The first kappa shape index (κ1) is 57.1. The van der Waals surface area contributed by atoms with E-state index >= 15 is 0 Å². The van der Waals surface area contributed by atoms with E-state index in [1.807, 2.05) is 0 Å². The van der Waals surface area contributed by atoms with E-state index in [-0.39, 0.29) is 31.1 Å². The van der Waals surface area contributed by atoms with E-state index in [9.17, 15) is 14.4 Å². The van der Waals surface area contributed by atoms with Crippen LogP contribution in [0.1, 0.15) is 290 Å². The number of hydrogen-bond donors (Lipinski definition) is 0. The highest BCUT2D eigenvalue weighted by molar-refractivity contribution is 5.71. The number of carbonyl (C=O) groups is 3. The zero-order valence-corrected chi connectivity index (χ0v) is 39.8. The smallest absolute Gasteiger partial charge is 0.306 e. The first-order valence-corrected chi connectivity index (χ1v) is 26.2. The van der Waals surface area contributed by atoms with Crippen LogP contribution < -0.4 is 0 Å². The summed E-state index contributed by atoms with van der Waals surface area (Å²) >= 11 is 0. The van der Waals surface area contributed by atoms with Crippen LogP contribution in [-0.4, -0.2) is 37.2 Å². The molecule has 0 fully saturated rings. The van der Waals surface area contributed by atoms with Crippen LogP contribution >= 0.6 is 0 Å². The van der Waals surface area contributed by atoms with Gasteiger partial charge in [0.25, 0.3) is 0 Å². The average Bonchev–Trinajstić information content (AvgIpc) is 3.23. The van der Waals surface area contributed by atoms with Gasteiger partial charge in [0.2, 0.25) is 0 Å². The van der Waals surface area contributed by atoms with Crippen LogP contribution in [0, 0.1) is 0 Å². The molecule has 0 rings (SSSR count). The summed E-state index contributed by atoms with van der Waals surface area (Å²) in [6.45, 7) is 6.62. The summed E-state index contributed by atoms with van der Waals surface area (Å²) in [4.78, 5) is 37.8. The molecule has 1 unspecified atom stereocenters. The largest absolute Gasteiger partial charge is 0.462 e. The Morgan fingerprint density at radius 2 is 0.576 bits per heavy atom. The van der Waals surface area contributed by atoms with Gasteiger partial charge in [-0.3, -0.25) is 14.4 Å². The average molecular weight is 833 g/mol. The van der Waals surface area contributed by atoms with Crippen LogP contribution in [0.5, 0.6) is 0 Å². The van der Waals surface area contributed by atoms with Crippen molar-refractivity contribution in [3.8, 4) is 0 Å². The molecule has 0 bridgehead atoms. The van der Waals surface area contributed by atoms with Crippen molar-refractivity contribution in [2.75, 3.05) is 13.2 Å². The van der Waals surface area contributed by atoms with Crippen LogP contribution in [0.15, 0.2) is 12.2 Å². The predicted molar refractivity (Wildman–Crippen MR) is 252 cm³/mol. The van der Waals surface area contributed by atoms with Crippen LogP contribution in [0.25, 0.3) is 0 Å². The molecule has 0 amide bonds. The van der Waals surface area contributed by atoms with Crippen molar-refractivity contribution in [3.63, 3.8) is 0 Å². The number of esters is 3. The third-order valence-electron chi connectivity index (χ3n) is 11.8. The van der Waals surface area contributed by atoms with Gasteiger partial charge < -0.3 is 14.2 Å². The molecule has 0 radical (unpaired) electrons. The standard InChI is InChI=1S/C53H100O6/c1-4-7-10-13-16-19-21-23-25-26-28-29-31-34-37-40-43-46-52(55)58-49-50(48-57-51(54)45-42-39-36-33-18-15-12-9-6-3)59-53(56)47-44-41-38-35-32-30-27-24-22-20-17-14-11-8-5-2/h33,36,50H,4-32,34-35,37-49H2,1-3H3/b36-33-. The van der Waals surface area contributed by atoms with Crippen LogP contribution in [0.4, 0.5) is 0 Å². The molecule has 348 valence electrons. The Morgan fingerprint density at radius 1 is 0.322 bits per heavy atom. The molecule has 0 saturated carbocycles. The van der Waals surface area contributed by atoms with Gasteiger partial charge in [0.15, 0.2) is 6.10 Å². The number of hydrogen-bond acceptors (Lipinski definition) is 6. The Labute approximate surface area is 367 Å². The van der Waals surface area contributed by atoms with Gasteiger partial charge in [0.1, 0.15) is 13.2 Å². The van der Waals surface area contributed by atoms with E-state index < -0.39 is 6.10 Å². The van der Waals surface area contributed by atoms with E-state index in [0.717, 1.165) is 57.8 Å². The molecular formula is C53H100O6. The summed E-state index contributed by atoms with van der Waals surface area (Å²) in [5, 5.41) is 0. The lowest BCUT2D eigenvalue weighted by Gasteiger charge is -2.18. The van der Waals surface area contributed by atoms with Crippen molar-refractivity contribution in [2.24, 2.45) is 0 Å². The minimum absolute atomic E-state index is 0.0730. The molecule has 0 aromatic carbocycles. The fourth-order valence-electron chi connectivity index (χ4n) is 7.80. The highest BCUT2D eigenvalue weighted by atomic mass is 16.6. The minimum atomic E-state index is -0.773. The van der Waals surface area contributed by atoms with Crippen molar-refractivity contribution < 1.29 is 28.6 Å². The van der Waals surface area contributed by atoms with E-state index in [1.165, 1.54) is 193 Å². The van der Waals surface area contributed by atoms with Gasteiger partial charge in [0.05, 0.1) is 0 Å². The third kappa shape index (κ3) is 47.1. The van der Waals surface area contributed by atoms with Crippen molar-refractivity contribution in [3.05, 3.63) is 12.2 Å². The Hall–Kier alpha value is -1.85. The van der Waals surface area contributed by atoms with Crippen LogP contribution in [0.2, 0.25) is 0 Å².